The third-order valence-electron chi connectivity index (χ3n) is 14.4. The van der Waals surface area contributed by atoms with Crippen LogP contribution in [0.25, 0.3) is 0 Å². The largest absolute Gasteiger partial charge is 0.423 e. The Morgan fingerprint density at radius 1 is 0.897 bits per heavy atom. The molecule has 0 radical (unpaired) electrons. The Kier molecular flexibility index (Phi) is 9.20. The first-order valence-corrected chi connectivity index (χ1v) is 17.7. The third-order valence-corrected chi connectivity index (χ3v) is 15.4. The van der Waals surface area contributed by atoms with Gasteiger partial charge in [-0.2, -0.15) is 0 Å². The number of carbonyl (C=O) groups excluding carboxylic acids is 1. The summed E-state index contributed by atoms with van der Waals surface area (Å²) in [6.45, 7) is 24.5. The minimum atomic E-state index is 0.0185. The summed E-state index contributed by atoms with van der Waals surface area (Å²) < 4.78 is 5.91. The van der Waals surface area contributed by atoms with Crippen molar-refractivity contribution in [2.75, 3.05) is 0 Å². The van der Waals surface area contributed by atoms with Gasteiger partial charge in [-0.3, -0.25) is 0 Å². The summed E-state index contributed by atoms with van der Waals surface area (Å²) >= 11 is 0. The highest BCUT2D eigenvalue weighted by Gasteiger charge is 2.64. The molecule has 4 fully saturated rings. The van der Waals surface area contributed by atoms with Crippen LogP contribution in [0.1, 0.15) is 140 Å². The number of fused-ring (bicyclic) bond motifs is 5. The summed E-state index contributed by atoms with van der Waals surface area (Å²) in [6, 6.07) is 0. The first-order valence-electron chi connectivity index (χ1n) is 16.9. The van der Waals surface area contributed by atoms with Crippen molar-refractivity contribution >= 4 is 16.4 Å². The zero-order chi connectivity index (χ0) is 29.0. The molecule has 0 N–H and O–H groups in total. The Hall–Kier alpha value is -0.373. The molecule has 4 aliphatic carbocycles. The predicted molar refractivity (Wildman–Crippen MR) is 169 cm³/mol. The van der Waals surface area contributed by atoms with Crippen molar-refractivity contribution in [3.63, 3.8) is 0 Å². The van der Waals surface area contributed by atoms with Gasteiger partial charge in [-0.25, -0.2) is 4.79 Å². The van der Waals surface area contributed by atoms with Crippen molar-refractivity contribution in [2.45, 2.75) is 145 Å². The molecule has 39 heavy (non-hydrogen) atoms. The molecule has 0 heterocycles. The maximum atomic E-state index is 13.1. The fourth-order valence-electron chi connectivity index (χ4n) is 11.0. The zero-order valence-corrected chi connectivity index (χ0v) is 29.8. The quantitative estimate of drug-likeness (QED) is 0.220. The number of rotatable bonds is 8. The molecular weight excluding hydrogens is 492 g/mol. The summed E-state index contributed by atoms with van der Waals surface area (Å²) in [5.41, 5.74) is 2.24. The van der Waals surface area contributed by atoms with Crippen LogP contribution in [0.4, 0.5) is 0 Å². The molecule has 0 amide bonds. The normalized spacial score (nSPS) is 41.2. The van der Waals surface area contributed by atoms with Crippen molar-refractivity contribution in [3.8, 4) is 0 Å². The van der Waals surface area contributed by atoms with Gasteiger partial charge >= 0.3 is 0 Å². The molecule has 2 nitrogen and oxygen atoms in total. The van der Waals surface area contributed by atoms with Crippen LogP contribution in [0.15, 0.2) is 5.57 Å². The lowest BCUT2D eigenvalue weighted by molar-refractivity contribution is -0.121. The summed E-state index contributed by atoms with van der Waals surface area (Å²) in [5, 5.41) is 0. The molecule has 0 bridgehead atoms. The van der Waals surface area contributed by atoms with Crippen molar-refractivity contribution in [1.29, 1.82) is 0 Å². The van der Waals surface area contributed by atoms with Crippen LogP contribution in [-0.2, 0) is 9.22 Å². The van der Waals surface area contributed by atoms with Crippen molar-refractivity contribution in [3.05, 3.63) is 5.57 Å². The highest BCUT2D eigenvalue weighted by atomic mass is 28.2. The molecule has 3 heteroatoms. The van der Waals surface area contributed by atoms with Gasteiger partial charge in [0.05, 0.1) is 5.60 Å². The Morgan fingerprint density at radius 2 is 1.56 bits per heavy atom. The molecule has 224 valence electrons. The Balaban J connectivity index is 1.59. The van der Waals surface area contributed by atoms with Gasteiger partial charge in [-0.05, 0) is 128 Å². The van der Waals surface area contributed by atoms with E-state index in [4.69, 9.17) is 4.43 Å². The Labute approximate surface area is 245 Å². The van der Waals surface area contributed by atoms with Crippen LogP contribution < -0.4 is 0 Å². The Bertz CT molecular complexity index is 912. The van der Waals surface area contributed by atoms with Gasteiger partial charge in [0, 0.05) is 5.57 Å². The highest BCUT2D eigenvalue weighted by molar-refractivity contribution is 5.98. The molecule has 0 aromatic rings. The Morgan fingerprint density at radius 3 is 2.18 bits per heavy atom. The molecule has 0 aromatic heterocycles. The van der Waals surface area contributed by atoms with Crippen LogP contribution in [-0.4, -0.2) is 22.0 Å². The predicted octanol–water partition coefficient (Wildman–Crippen LogP) is 8.83. The molecule has 4 aliphatic rings. The SMILES string of the molecule is CC([C@@H]1C(=C=O)[C@@H]2[C@H](CC[C@]3(C)[C@@H]([C@H](C)CCCC(C)C(C)(C)O[SiH3])CC[C@@H]23)[C@@]2(C)CCCC[C@@H]12)C(C)(C)C. The van der Waals surface area contributed by atoms with Crippen LogP contribution >= 0.6 is 0 Å². The van der Waals surface area contributed by atoms with Crippen molar-refractivity contribution in [2.24, 2.45) is 69.5 Å². The van der Waals surface area contributed by atoms with E-state index in [1.54, 1.807) is 0 Å². The van der Waals surface area contributed by atoms with Gasteiger partial charge < -0.3 is 4.43 Å². The monoisotopic (exact) mass is 556 g/mol. The van der Waals surface area contributed by atoms with E-state index >= 15 is 0 Å². The maximum Gasteiger partial charge on any atom is 0.146 e. The van der Waals surface area contributed by atoms with E-state index in [1.807, 2.05) is 0 Å². The van der Waals surface area contributed by atoms with E-state index in [0.29, 0.717) is 52.3 Å². The van der Waals surface area contributed by atoms with Crippen molar-refractivity contribution < 1.29 is 9.22 Å². The summed E-state index contributed by atoms with van der Waals surface area (Å²) in [6.07, 6.45) is 14.7. The van der Waals surface area contributed by atoms with Crippen LogP contribution in [0, 0.1) is 69.5 Å². The van der Waals surface area contributed by atoms with Gasteiger partial charge in [0.15, 0.2) is 0 Å². The summed E-state index contributed by atoms with van der Waals surface area (Å²) in [4.78, 5) is 13.1. The van der Waals surface area contributed by atoms with E-state index in [9.17, 15) is 4.79 Å². The summed E-state index contributed by atoms with van der Waals surface area (Å²) in [5.74, 6) is 8.36. The number of allylic oxidation sites excluding steroid dienone is 1. The van der Waals surface area contributed by atoms with E-state index in [0.717, 1.165) is 22.3 Å². The number of hydrogen-bond donors (Lipinski definition) is 0. The van der Waals surface area contributed by atoms with Gasteiger partial charge in [0.25, 0.3) is 0 Å². The van der Waals surface area contributed by atoms with E-state index < -0.39 is 0 Å². The van der Waals surface area contributed by atoms with Gasteiger partial charge in [0.1, 0.15) is 16.4 Å². The minimum Gasteiger partial charge on any atom is -0.423 e. The molecule has 0 spiro atoms. The molecule has 2 unspecified atom stereocenters. The molecule has 0 aliphatic heterocycles. The lowest BCUT2D eigenvalue weighted by Crippen LogP contribution is -2.58. The third kappa shape index (κ3) is 5.45. The summed E-state index contributed by atoms with van der Waals surface area (Å²) in [7, 11) is 0.817. The average molecular weight is 557 g/mol. The van der Waals surface area contributed by atoms with Gasteiger partial charge in [-0.1, -0.05) is 81.1 Å². The van der Waals surface area contributed by atoms with Crippen LogP contribution in [0.5, 0.6) is 0 Å². The molecule has 4 saturated carbocycles. The minimum absolute atomic E-state index is 0.0185. The fourth-order valence-corrected chi connectivity index (χ4v) is 11.4. The lowest BCUT2D eigenvalue weighted by Gasteiger charge is -2.64. The maximum absolute atomic E-state index is 13.1. The molecule has 4 rings (SSSR count). The fraction of sp³-hybridized carbons (Fsp3) is 0.944. The first-order chi connectivity index (χ1) is 18.1. The zero-order valence-electron chi connectivity index (χ0n) is 27.8. The molecule has 0 saturated heterocycles. The highest BCUT2D eigenvalue weighted by Crippen LogP contribution is 2.71. The molecular formula is C36H64O2Si. The van der Waals surface area contributed by atoms with Gasteiger partial charge in [-0.15, -0.1) is 0 Å². The topological polar surface area (TPSA) is 26.3 Å². The lowest BCUT2D eigenvalue weighted by atomic mass is 9.40. The number of hydrogen-bond acceptors (Lipinski definition) is 2. The first kappa shape index (κ1) is 31.6. The van der Waals surface area contributed by atoms with Crippen LogP contribution in [0.3, 0.4) is 0 Å². The second kappa shape index (κ2) is 11.4. The second-order valence-electron chi connectivity index (χ2n) is 17.2. The second-order valence-corrected chi connectivity index (χ2v) is 17.6. The standard InChI is InChI=1S/C36H64O2Si/c1-23(14-13-15-24(2)34(7,8)38-39)27-17-18-29-32-26(22-37)31(25(3)33(4,5)6)28-16-11-12-20-35(28,9)30(32)19-21-36(27,29)10/h23-25,27-32H,11-21H2,1-10,39H3/t23-,24?,25?,27-,28+,29+,30+,31-,32+,35+,36-/m1/s1. The van der Waals surface area contributed by atoms with E-state index in [1.165, 1.54) is 76.2 Å². The van der Waals surface area contributed by atoms with Crippen LogP contribution in [0.2, 0.25) is 0 Å². The average Bonchev–Trinajstić information content (AvgIpc) is 3.23. The van der Waals surface area contributed by atoms with Gasteiger partial charge in [0.2, 0.25) is 0 Å². The van der Waals surface area contributed by atoms with E-state index in [2.05, 4.69) is 75.2 Å². The molecule has 0 aromatic carbocycles. The molecule has 11 atom stereocenters. The van der Waals surface area contributed by atoms with Crippen molar-refractivity contribution in [1.82, 2.24) is 0 Å². The van der Waals surface area contributed by atoms with E-state index in [-0.39, 0.29) is 11.0 Å². The smallest absolute Gasteiger partial charge is 0.146 e.